The van der Waals surface area contributed by atoms with Crippen LogP contribution in [0.5, 0.6) is 11.5 Å². The molecule has 0 radical (unpaired) electrons. The van der Waals surface area contributed by atoms with Crippen LogP contribution in [0.3, 0.4) is 0 Å². The highest BCUT2D eigenvalue weighted by Gasteiger charge is 2.23. The first-order valence-corrected chi connectivity index (χ1v) is 8.27. The van der Waals surface area contributed by atoms with Gasteiger partial charge in [0.15, 0.2) is 11.5 Å². The Hall–Kier alpha value is -3.01. The van der Waals surface area contributed by atoms with Gasteiger partial charge in [0.1, 0.15) is 18.9 Å². The van der Waals surface area contributed by atoms with Crippen LogP contribution in [0.2, 0.25) is 0 Å². The number of benzene rings is 1. The minimum atomic E-state index is -0.186. The van der Waals surface area contributed by atoms with Gasteiger partial charge in [0.2, 0.25) is 0 Å². The number of anilines is 1. The molecular formula is C18H20N4O3. The van der Waals surface area contributed by atoms with E-state index in [2.05, 4.69) is 11.2 Å². The van der Waals surface area contributed by atoms with Crippen LogP contribution in [0.25, 0.3) is 0 Å². The molecule has 7 nitrogen and oxygen atoms in total. The summed E-state index contributed by atoms with van der Waals surface area (Å²) >= 11 is 0. The molecule has 0 spiro atoms. The molecule has 0 atom stereocenters. The zero-order chi connectivity index (χ0) is 17.8. The van der Waals surface area contributed by atoms with E-state index >= 15 is 0 Å². The molecule has 25 heavy (non-hydrogen) atoms. The van der Waals surface area contributed by atoms with Crippen molar-refractivity contribution in [1.29, 1.82) is 5.26 Å². The third-order valence-corrected chi connectivity index (χ3v) is 3.95. The minimum absolute atomic E-state index is 0.186. The molecule has 1 aromatic carbocycles. The molecule has 7 heteroatoms. The molecule has 130 valence electrons. The van der Waals surface area contributed by atoms with Gasteiger partial charge in [-0.3, -0.25) is 9.48 Å². The van der Waals surface area contributed by atoms with E-state index in [9.17, 15) is 4.79 Å². The second kappa shape index (κ2) is 7.26. The average molecular weight is 340 g/mol. The molecule has 1 aliphatic rings. The van der Waals surface area contributed by atoms with Crippen LogP contribution in [0.1, 0.15) is 29.5 Å². The summed E-state index contributed by atoms with van der Waals surface area (Å²) in [4.78, 5) is 14.7. The Morgan fingerprint density at radius 3 is 2.80 bits per heavy atom. The lowest BCUT2D eigenvalue weighted by Gasteiger charge is -2.25. The van der Waals surface area contributed by atoms with E-state index in [0.29, 0.717) is 49.2 Å². The second-order valence-corrected chi connectivity index (χ2v) is 5.68. The van der Waals surface area contributed by atoms with E-state index in [1.165, 1.54) is 0 Å². The lowest BCUT2D eigenvalue weighted by Crippen LogP contribution is -2.33. The molecule has 2 aromatic rings. The van der Waals surface area contributed by atoms with Gasteiger partial charge in [-0.05, 0) is 32.0 Å². The first-order valence-electron chi connectivity index (χ1n) is 8.27. The van der Waals surface area contributed by atoms with Gasteiger partial charge in [-0.2, -0.15) is 10.4 Å². The molecule has 0 saturated carbocycles. The molecule has 2 heterocycles. The molecule has 1 aliphatic heterocycles. The number of ether oxygens (including phenoxy) is 2. The number of aryl methyl sites for hydroxylation is 2. The molecule has 0 bridgehead atoms. The predicted molar refractivity (Wildman–Crippen MR) is 92.0 cm³/mol. The summed E-state index contributed by atoms with van der Waals surface area (Å²) < 4.78 is 12.8. The molecule has 1 amide bonds. The number of carbonyl (C=O) groups is 1. The third kappa shape index (κ3) is 3.43. The number of rotatable bonds is 5. The fourth-order valence-corrected chi connectivity index (χ4v) is 2.81. The van der Waals surface area contributed by atoms with Crippen molar-refractivity contribution < 1.29 is 14.3 Å². The summed E-state index contributed by atoms with van der Waals surface area (Å²) in [5.41, 5.74) is 1.96. The predicted octanol–water partition coefficient (Wildman–Crippen LogP) is 2.54. The van der Waals surface area contributed by atoms with Crippen LogP contribution in [-0.2, 0) is 6.54 Å². The summed E-state index contributed by atoms with van der Waals surface area (Å²) in [6.45, 7) is 5.67. The van der Waals surface area contributed by atoms with Crippen LogP contribution in [0.15, 0.2) is 24.3 Å². The van der Waals surface area contributed by atoms with Gasteiger partial charge in [-0.15, -0.1) is 0 Å². The van der Waals surface area contributed by atoms with Crippen molar-refractivity contribution >= 4 is 11.6 Å². The van der Waals surface area contributed by atoms with Crippen molar-refractivity contribution in [2.24, 2.45) is 0 Å². The number of nitriles is 1. The minimum Gasteiger partial charge on any atom is -0.486 e. The highest BCUT2D eigenvalue weighted by molar-refractivity contribution is 6.05. The summed E-state index contributed by atoms with van der Waals surface area (Å²) in [6, 6.07) is 9.24. The third-order valence-electron chi connectivity index (χ3n) is 3.95. The zero-order valence-electron chi connectivity index (χ0n) is 14.4. The maximum absolute atomic E-state index is 13.1. The smallest absolute Gasteiger partial charge is 0.276 e. The molecular weight excluding hydrogens is 320 g/mol. The Balaban J connectivity index is 1.96. The number of hydrogen-bond donors (Lipinski definition) is 0. The lowest BCUT2D eigenvalue weighted by molar-refractivity contribution is 0.0977. The SMILES string of the molecule is CCn1nc(C)cc1C(=O)N(CCC#N)c1ccc2c(c1)OCCO2. The lowest BCUT2D eigenvalue weighted by atomic mass is 10.2. The van der Waals surface area contributed by atoms with Gasteiger partial charge < -0.3 is 14.4 Å². The number of carbonyl (C=O) groups excluding carboxylic acids is 1. The van der Waals surface area contributed by atoms with Crippen molar-refractivity contribution in [3.63, 3.8) is 0 Å². The monoisotopic (exact) mass is 340 g/mol. The van der Waals surface area contributed by atoms with E-state index in [-0.39, 0.29) is 12.3 Å². The molecule has 0 N–H and O–H groups in total. The Morgan fingerprint density at radius 1 is 1.32 bits per heavy atom. The molecule has 0 saturated heterocycles. The molecule has 3 rings (SSSR count). The molecule has 0 aliphatic carbocycles. The van der Waals surface area contributed by atoms with Gasteiger partial charge in [0, 0.05) is 24.8 Å². The molecule has 0 unspecified atom stereocenters. The number of fused-ring (bicyclic) bond motifs is 1. The highest BCUT2D eigenvalue weighted by Crippen LogP contribution is 2.34. The van der Waals surface area contributed by atoms with Crippen molar-refractivity contribution in [1.82, 2.24) is 9.78 Å². The van der Waals surface area contributed by atoms with Crippen LogP contribution in [-0.4, -0.2) is 35.4 Å². The fraction of sp³-hybridized carbons (Fsp3) is 0.389. The summed E-state index contributed by atoms with van der Waals surface area (Å²) in [7, 11) is 0. The van der Waals surface area contributed by atoms with E-state index in [0.717, 1.165) is 5.69 Å². The average Bonchev–Trinajstić information content (AvgIpc) is 3.02. The van der Waals surface area contributed by atoms with Crippen molar-refractivity contribution in [3.8, 4) is 17.6 Å². The quantitative estimate of drug-likeness (QED) is 0.835. The van der Waals surface area contributed by atoms with Gasteiger partial charge in [-0.25, -0.2) is 0 Å². The first-order chi connectivity index (χ1) is 12.1. The van der Waals surface area contributed by atoms with Crippen LogP contribution >= 0.6 is 0 Å². The Bertz CT molecular complexity index is 822. The largest absolute Gasteiger partial charge is 0.486 e. The van der Waals surface area contributed by atoms with Crippen LogP contribution in [0.4, 0.5) is 5.69 Å². The maximum Gasteiger partial charge on any atom is 0.276 e. The second-order valence-electron chi connectivity index (χ2n) is 5.68. The standard InChI is InChI=1S/C18H20N4O3/c1-3-22-15(11-13(2)20-22)18(23)21(8-4-7-19)14-5-6-16-17(12-14)25-10-9-24-16/h5-6,11-12H,3-4,8-10H2,1-2H3. The summed E-state index contributed by atoms with van der Waals surface area (Å²) in [5, 5.41) is 13.3. The Morgan fingerprint density at radius 2 is 2.08 bits per heavy atom. The number of nitrogens with zero attached hydrogens (tertiary/aromatic N) is 4. The fourth-order valence-electron chi connectivity index (χ4n) is 2.81. The van der Waals surface area contributed by atoms with Gasteiger partial charge in [0.25, 0.3) is 5.91 Å². The van der Waals surface area contributed by atoms with Crippen LogP contribution < -0.4 is 14.4 Å². The van der Waals surface area contributed by atoms with Gasteiger partial charge in [0.05, 0.1) is 18.2 Å². The normalized spacial score (nSPS) is 12.5. The first kappa shape index (κ1) is 16.8. The van der Waals surface area contributed by atoms with E-state index in [1.807, 2.05) is 19.9 Å². The van der Waals surface area contributed by atoms with Gasteiger partial charge >= 0.3 is 0 Å². The van der Waals surface area contributed by atoms with Crippen LogP contribution in [0, 0.1) is 18.3 Å². The maximum atomic E-state index is 13.1. The molecule has 1 aromatic heterocycles. The molecule has 0 fully saturated rings. The topological polar surface area (TPSA) is 80.4 Å². The highest BCUT2D eigenvalue weighted by atomic mass is 16.6. The van der Waals surface area contributed by atoms with E-state index in [1.54, 1.807) is 27.8 Å². The van der Waals surface area contributed by atoms with E-state index in [4.69, 9.17) is 14.7 Å². The Kier molecular flexibility index (Phi) is 4.89. The number of aromatic nitrogens is 2. The van der Waals surface area contributed by atoms with Crippen molar-refractivity contribution in [2.75, 3.05) is 24.7 Å². The summed E-state index contributed by atoms with van der Waals surface area (Å²) in [6.07, 6.45) is 0.236. The van der Waals surface area contributed by atoms with E-state index < -0.39 is 0 Å². The zero-order valence-corrected chi connectivity index (χ0v) is 14.4. The Labute approximate surface area is 146 Å². The van der Waals surface area contributed by atoms with Gasteiger partial charge in [-0.1, -0.05) is 0 Å². The number of amides is 1. The summed E-state index contributed by atoms with van der Waals surface area (Å²) in [5.74, 6) is 1.09. The van der Waals surface area contributed by atoms with Crippen molar-refractivity contribution in [3.05, 3.63) is 35.7 Å². The number of hydrogen-bond acceptors (Lipinski definition) is 5. The van der Waals surface area contributed by atoms with Crippen molar-refractivity contribution in [2.45, 2.75) is 26.8 Å².